The number of ether oxygens (including phenoxy) is 1. The van der Waals surface area contributed by atoms with Crippen LogP contribution in [0.15, 0.2) is 44.3 Å². The van der Waals surface area contributed by atoms with E-state index >= 15 is 0 Å². The second kappa shape index (κ2) is 7.65. The van der Waals surface area contributed by atoms with E-state index in [-0.39, 0.29) is 29.7 Å². The molecule has 1 fully saturated rings. The monoisotopic (exact) mass is 434 g/mol. The number of piperidine rings is 1. The first-order chi connectivity index (χ1) is 15.4. The van der Waals surface area contributed by atoms with E-state index in [9.17, 15) is 14.4 Å². The first-order valence-corrected chi connectivity index (χ1v) is 10.9. The van der Waals surface area contributed by atoms with Crippen LogP contribution in [0.3, 0.4) is 0 Å². The molecule has 1 amide bonds. The minimum absolute atomic E-state index is 0.0101. The molecule has 3 aromatic rings. The molecule has 32 heavy (non-hydrogen) atoms. The average Bonchev–Trinajstić information content (AvgIpc) is 2.78. The molecule has 0 N–H and O–H groups in total. The Kier molecular flexibility index (Phi) is 4.92. The average molecular weight is 434 g/mol. The van der Waals surface area contributed by atoms with Crippen molar-refractivity contribution in [1.82, 2.24) is 9.47 Å². The zero-order valence-electron chi connectivity index (χ0n) is 18.5. The molecule has 2 atom stereocenters. The molecule has 2 aliphatic rings. The van der Waals surface area contributed by atoms with Crippen LogP contribution < -0.4 is 15.9 Å². The van der Waals surface area contributed by atoms with Crippen LogP contribution in [0.4, 0.5) is 0 Å². The third kappa shape index (κ3) is 3.23. The number of methoxy groups -OCH3 is 1. The van der Waals surface area contributed by atoms with Crippen molar-refractivity contribution in [2.45, 2.75) is 39.2 Å². The van der Waals surface area contributed by atoms with Gasteiger partial charge in [0.15, 0.2) is 0 Å². The van der Waals surface area contributed by atoms with E-state index in [0.29, 0.717) is 36.5 Å². The van der Waals surface area contributed by atoms with Crippen molar-refractivity contribution in [2.24, 2.45) is 5.92 Å². The molecule has 7 nitrogen and oxygen atoms in total. The van der Waals surface area contributed by atoms with Gasteiger partial charge >= 0.3 is 5.63 Å². The van der Waals surface area contributed by atoms with Crippen molar-refractivity contribution >= 4 is 16.9 Å². The van der Waals surface area contributed by atoms with Gasteiger partial charge in [0, 0.05) is 48.3 Å². The van der Waals surface area contributed by atoms with Crippen LogP contribution >= 0.6 is 0 Å². The Morgan fingerprint density at radius 1 is 1.09 bits per heavy atom. The highest BCUT2D eigenvalue weighted by Crippen LogP contribution is 2.35. The molecule has 0 saturated carbocycles. The van der Waals surface area contributed by atoms with Crippen LogP contribution in [0.1, 0.15) is 34.7 Å². The van der Waals surface area contributed by atoms with E-state index < -0.39 is 5.63 Å². The Morgan fingerprint density at radius 3 is 2.69 bits per heavy atom. The molecule has 1 saturated heterocycles. The van der Waals surface area contributed by atoms with E-state index in [1.165, 1.54) is 0 Å². The van der Waals surface area contributed by atoms with E-state index in [1.54, 1.807) is 19.2 Å². The third-order valence-corrected chi connectivity index (χ3v) is 7.03. The summed E-state index contributed by atoms with van der Waals surface area (Å²) in [6.07, 6.45) is 0.988. The topological polar surface area (TPSA) is 81.8 Å². The fourth-order valence-electron chi connectivity index (χ4n) is 5.36. The van der Waals surface area contributed by atoms with Crippen molar-refractivity contribution in [2.75, 3.05) is 20.2 Å². The van der Waals surface area contributed by atoms with Gasteiger partial charge in [-0.25, -0.2) is 4.79 Å². The molecule has 7 heteroatoms. The summed E-state index contributed by atoms with van der Waals surface area (Å²) in [6, 6.07) is 9.08. The molecule has 166 valence electrons. The summed E-state index contributed by atoms with van der Waals surface area (Å²) in [5.41, 5.74) is 2.97. The molecular formula is C25H26N2O5. The van der Waals surface area contributed by atoms with Crippen molar-refractivity contribution in [1.29, 1.82) is 0 Å². The molecule has 2 aromatic heterocycles. The molecule has 2 aliphatic heterocycles. The zero-order chi connectivity index (χ0) is 22.6. The molecule has 0 unspecified atom stereocenters. The minimum Gasteiger partial charge on any atom is -0.496 e. The number of amides is 1. The van der Waals surface area contributed by atoms with Crippen molar-refractivity contribution in [3.63, 3.8) is 0 Å². The molecule has 2 bridgehead atoms. The molecule has 4 heterocycles. The number of carbonyl (C=O) groups is 1. The van der Waals surface area contributed by atoms with Gasteiger partial charge in [-0.3, -0.25) is 9.59 Å². The Labute approximate surface area is 185 Å². The van der Waals surface area contributed by atoms with Crippen LogP contribution in [0, 0.1) is 19.8 Å². The second-order valence-corrected chi connectivity index (χ2v) is 8.94. The summed E-state index contributed by atoms with van der Waals surface area (Å²) >= 11 is 0. The number of hydrogen-bond donors (Lipinski definition) is 0. The van der Waals surface area contributed by atoms with Gasteiger partial charge in [-0.05, 0) is 49.9 Å². The van der Waals surface area contributed by atoms with Crippen LogP contribution in [0.2, 0.25) is 0 Å². The van der Waals surface area contributed by atoms with Crippen molar-refractivity contribution < 1.29 is 13.9 Å². The Hall–Kier alpha value is -3.35. The fraction of sp³-hybridized carbons (Fsp3) is 0.400. The van der Waals surface area contributed by atoms with Crippen LogP contribution in [0.25, 0.3) is 11.0 Å². The summed E-state index contributed by atoms with van der Waals surface area (Å²) < 4.78 is 12.8. The van der Waals surface area contributed by atoms with Crippen molar-refractivity contribution in [3.8, 4) is 5.75 Å². The van der Waals surface area contributed by atoms with Gasteiger partial charge in [-0.1, -0.05) is 6.07 Å². The van der Waals surface area contributed by atoms with E-state index in [1.807, 2.05) is 41.5 Å². The number of likely N-dealkylation sites (tertiary alicyclic amines) is 1. The van der Waals surface area contributed by atoms with Gasteiger partial charge in [0.2, 0.25) is 5.91 Å². The largest absolute Gasteiger partial charge is 0.496 e. The molecule has 1 aromatic carbocycles. The number of fused-ring (bicyclic) bond motifs is 5. The summed E-state index contributed by atoms with van der Waals surface area (Å²) in [5, 5.41) is 0.814. The maximum Gasteiger partial charge on any atom is 0.340 e. The minimum atomic E-state index is -0.478. The van der Waals surface area contributed by atoms with Gasteiger partial charge in [0.1, 0.15) is 11.3 Å². The smallest absolute Gasteiger partial charge is 0.340 e. The maximum atomic E-state index is 13.2. The Morgan fingerprint density at radius 2 is 1.91 bits per heavy atom. The predicted molar refractivity (Wildman–Crippen MR) is 120 cm³/mol. The molecular weight excluding hydrogens is 408 g/mol. The summed E-state index contributed by atoms with van der Waals surface area (Å²) in [4.78, 5) is 40.1. The fourth-order valence-corrected chi connectivity index (χ4v) is 5.36. The number of hydrogen-bond acceptors (Lipinski definition) is 5. The quantitative estimate of drug-likeness (QED) is 0.592. The number of nitrogens with zero attached hydrogens (tertiary/aromatic N) is 2. The van der Waals surface area contributed by atoms with E-state index in [2.05, 4.69) is 0 Å². The van der Waals surface area contributed by atoms with E-state index in [0.717, 1.165) is 28.6 Å². The second-order valence-electron chi connectivity index (χ2n) is 8.94. The zero-order valence-corrected chi connectivity index (χ0v) is 18.5. The lowest BCUT2D eigenvalue weighted by Gasteiger charge is -2.42. The number of pyridine rings is 1. The van der Waals surface area contributed by atoms with Crippen LogP contribution in [-0.2, 0) is 17.8 Å². The Balaban J connectivity index is 1.44. The van der Waals surface area contributed by atoms with Crippen LogP contribution in [-0.4, -0.2) is 35.6 Å². The lowest BCUT2D eigenvalue weighted by Crippen LogP contribution is -2.49. The lowest BCUT2D eigenvalue weighted by atomic mass is 9.83. The molecule has 0 aliphatic carbocycles. The highest BCUT2D eigenvalue weighted by atomic mass is 16.5. The molecule has 0 spiro atoms. The molecule has 5 rings (SSSR count). The third-order valence-electron chi connectivity index (χ3n) is 7.03. The van der Waals surface area contributed by atoms with Gasteiger partial charge < -0.3 is 18.6 Å². The predicted octanol–water partition coefficient (Wildman–Crippen LogP) is 2.77. The number of aromatic nitrogens is 1. The first kappa shape index (κ1) is 20.5. The lowest BCUT2D eigenvalue weighted by molar-refractivity contribution is -0.133. The summed E-state index contributed by atoms with van der Waals surface area (Å²) in [6.45, 7) is 5.51. The van der Waals surface area contributed by atoms with Gasteiger partial charge in [0.25, 0.3) is 5.56 Å². The number of aryl methyl sites for hydroxylation is 2. The van der Waals surface area contributed by atoms with Crippen molar-refractivity contribution in [3.05, 3.63) is 73.5 Å². The summed E-state index contributed by atoms with van der Waals surface area (Å²) in [5.74, 6) is 0.966. The SMILES string of the molecule is COc1ccc2c(C)c(CC(=O)N3C[C@H]4C[C@H](C3)c3cccc(=O)n3C4)c(=O)oc2c1C. The van der Waals surface area contributed by atoms with Gasteiger partial charge in [0.05, 0.1) is 19.1 Å². The highest BCUT2D eigenvalue weighted by Gasteiger charge is 2.36. The summed E-state index contributed by atoms with van der Waals surface area (Å²) in [7, 11) is 1.58. The standard InChI is InChI=1S/C25H26N2O5/c1-14-18-7-8-21(31-3)15(2)24(18)32-25(30)19(14)10-23(29)26-11-16-9-17(13-26)20-5-4-6-22(28)27(20)12-16/h4-8,16-17H,9-13H2,1-3H3/t16-,17-/m1/s1. The number of benzene rings is 1. The van der Waals surface area contributed by atoms with E-state index in [4.69, 9.17) is 9.15 Å². The van der Waals surface area contributed by atoms with Gasteiger partial charge in [-0.15, -0.1) is 0 Å². The first-order valence-electron chi connectivity index (χ1n) is 10.9. The number of carbonyl (C=O) groups excluding carboxylic acids is 1. The van der Waals surface area contributed by atoms with Crippen LogP contribution in [0.5, 0.6) is 5.75 Å². The Bertz CT molecular complexity index is 1350. The molecule has 0 radical (unpaired) electrons. The van der Waals surface area contributed by atoms with Gasteiger partial charge in [-0.2, -0.15) is 0 Å². The normalized spacial score (nSPS) is 19.7. The maximum absolute atomic E-state index is 13.2. The number of rotatable bonds is 3. The highest BCUT2D eigenvalue weighted by molar-refractivity contribution is 5.87.